The van der Waals surface area contributed by atoms with Gasteiger partial charge in [-0.15, -0.1) is 11.3 Å². The van der Waals surface area contributed by atoms with Crippen LogP contribution in [0.5, 0.6) is 0 Å². The summed E-state index contributed by atoms with van der Waals surface area (Å²) in [5, 5.41) is 5.20. The number of Topliss-reactive ketones (excluding diaryl/α,β-unsaturated/α-hetero) is 1. The van der Waals surface area contributed by atoms with Crippen LogP contribution in [0.1, 0.15) is 82.7 Å². The molecule has 2 aromatic heterocycles. The second kappa shape index (κ2) is 7.56. The van der Waals surface area contributed by atoms with Crippen molar-refractivity contribution < 1.29 is 14.0 Å². The van der Waals surface area contributed by atoms with Gasteiger partial charge in [-0.05, 0) is 30.7 Å². The zero-order valence-corrected chi connectivity index (χ0v) is 15.9. The highest BCUT2D eigenvalue weighted by Gasteiger charge is 2.31. The Bertz CT molecular complexity index is 756. The molecule has 4 nitrogen and oxygen atoms in total. The van der Waals surface area contributed by atoms with Crippen LogP contribution < -0.4 is 5.32 Å². The Kier molecular flexibility index (Phi) is 5.42. The van der Waals surface area contributed by atoms with Crippen molar-refractivity contribution in [3.63, 3.8) is 0 Å². The fourth-order valence-electron chi connectivity index (χ4n) is 3.72. The van der Waals surface area contributed by atoms with Gasteiger partial charge in [0.15, 0.2) is 11.5 Å². The number of hydrogen-bond donors (Lipinski definition) is 1. The van der Waals surface area contributed by atoms with Crippen LogP contribution in [0.4, 0.5) is 0 Å². The number of thiophene rings is 1. The highest BCUT2D eigenvalue weighted by atomic mass is 32.1. The zero-order chi connectivity index (χ0) is 18.0. The molecule has 0 aromatic carbocycles. The van der Waals surface area contributed by atoms with Crippen molar-refractivity contribution in [2.75, 3.05) is 0 Å². The fourth-order valence-corrected chi connectivity index (χ4v) is 4.59. The van der Waals surface area contributed by atoms with E-state index >= 15 is 0 Å². The van der Waals surface area contributed by atoms with Crippen LogP contribution in [0.25, 0.3) is 0 Å². The first-order valence-corrected chi connectivity index (χ1v) is 9.94. The Balaban J connectivity index is 1.88. The minimum atomic E-state index is -0.218. The number of furan rings is 1. The van der Waals surface area contributed by atoms with Crippen molar-refractivity contribution in [3.8, 4) is 0 Å². The maximum absolute atomic E-state index is 12.9. The predicted octanol–water partition coefficient (Wildman–Crippen LogP) is 5.08. The second-order valence-electron chi connectivity index (χ2n) is 6.67. The van der Waals surface area contributed by atoms with Gasteiger partial charge in [-0.3, -0.25) is 9.59 Å². The molecule has 0 fully saturated rings. The molecule has 0 saturated heterocycles. The SMILES string of the molecule is CCC(CC)C(NC(=O)c1oc2c(c1C)C(=O)CCC2)c1cccs1. The fraction of sp³-hybridized carbons (Fsp3) is 0.500. The summed E-state index contributed by atoms with van der Waals surface area (Å²) in [5.41, 5.74) is 1.32. The van der Waals surface area contributed by atoms with E-state index in [4.69, 9.17) is 4.42 Å². The standard InChI is InChI=1S/C20H25NO3S/c1-4-13(5-2)18(16-10-7-11-25-16)21-20(23)19-12(3)17-14(22)8-6-9-15(17)24-19/h7,10-11,13,18H,4-6,8-9H2,1-3H3,(H,21,23). The number of carbonyl (C=O) groups is 2. The van der Waals surface area contributed by atoms with Gasteiger partial charge in [0.2, 0.25) is 0 Å². The van der Waals surface area contributed by atoms with E-state index < -0.39 is 0 Å². The lowest BCUT2D eigenvalue weighted by molar-refractivity contribution is 0.0887. The van der Waals surface area contributed by atoms with Crippen molar-refractivity contribution in [1.82, 2.24) is 5.32 Å². The topological polar surface area (TPSA) is 59.3 Å². The number of ketones is 1. The number of aryl methyl sites for hydroxylation is 1. The first-order chi connectivity index (χ1) is 12.1. The van der Waals surface area contributed by atoms with E-state index in [1.54, 1.807) is 11.3 Å². The highest BCUT2D eigenvalue weighted by Crippen LogP contribution is 2.33. The summed E-state index contributed by atoms with van der Waals surface area (Å²) in [4.78, 5) is 26.2. The number of hydrogen-bond acceptors (Lipinski definition) is 4. The molecule has 1 amide bonds. The lowest BCUT2D eigenvalue weighted by Crippen LogP contribution is -2.33. The predicted molar refractivity (Wildman–Crippen MR) is 99.3 cm³/mol. The second-order valence-corrected chi connectivity index (χ2v) is 7.65. The number of amides is 1. The molecule has 0 spiro atoms. The molecular formula is C20H25NO3S. The number of rotatable bonds is 6. The van der Waals surface area contributed by atoms with Gasteiger partial charge in [-0.2, -0.15) is 0 Å². The number of nitrogens with one attached hydrogen (secondary N) is 1. The molecule has 0 aliphatic heterocycles. The minimum absolute atomic E-state index is 0.0280. The molecule has 3 rings (SSSR count). The van der Waals surface area contributed by atoms with Gasteiger partial charge in [0.1, 0.15) is 5.76 Å². The molecule has 2 aromatic rings. The monoisotopic (exact) mass is 359 g/mol. The highest BCUT2D eigenvalue weighted by molar-refractivity contribution is 7.10. The Morgan fingerprint density at radius 3 is 2.68 bits per heavy atom. The maximum atomic E-state index is 12.9. The maximum Gasteiger partial charge on any atom is 0.287 e. The molecule has 5 heteroatoms. The van der Waals surface area contributed by atoms with Crippen molar-refractivity contribution in [2.45, 2.75) is 58.9 Å². The largest absolute Gasteiger partial charge is 0.455 e. The van der Waals surface area contributed by atoms with Crippen LogP contribution in [-0.2, 0) is 6.42 Å². The van der Waals surface area contributed by atoms with Gasteiger partial charge in [-0.1, -0.05) is 32.8 Å². The van der Waals surface area contributed by atoms with Crippen LogP contribution >= 0.6 is 11.3 Å². The van der Waals surface area contributed by atoms with E-state index in [0.717, 1.165) is 30.6 Å². The van der Waals surface area contributed by atoms with E-state index in [1.807, 2.05) is 18.4 Å². The van der Waals surface area contributed by atoms with Crippen LogP contribution in [0.3, 0.4) is 0 Å². The van der Waals surface area contributed by atoms with Gasteiger partial charge in [0.25, 0.3) is 5.91 Å². The molecule has 1 unspecified atom stereocenters. The summed E-state index contributed by atoms with van der Waals surface area (Å²) in [6.07, 6.45) is 4.05. The zero-order valence-electron chi connectivity index (χ0n) is 15.1. The summed E-state index contributed by atoms with van der Waals surface area (Å²) < 4.78 is 5.80. The van der Waals surface area contributed by atoms with Gasteiger partial charge < -0.3 is 9.73 Å². The van der Waals surface area contributed by atoms with Gasteiger partial charge >= 0.3 is 0 Å². The van der Waals surface area contributed by atoms with E-state index in [-0.39, 0.29) is 17.7 Å². The normalized spacial score (nSPS) is 15.3. The van der Waals surface area contributed by atoms with E-state index in [9.17, 15) is 9.59 Å². The average molecular weight is 359 g/mol. The van der Waals surface area contributed by atoms with Crippen LogP contribution in [-0.4, -0.2) is 11.7 Å². The lowest BCUT2D eigenvalue weighted by Gasteiger charge is -2.25. The lowest BCUT2D eigenvalue weighted by atomic mass is 9.92. The molecule has 0 radical (unpaired) electrons. The molecule has 0 bridgehead atoms. The molecule has 1 N–H and O–H groups in total. The van der Waals surface area contributed by atoms with Crippen molar-refractivity contribution in [3.05, 3.63) is 45.0 Å². The molecule has 1 aliphatic carbocycles. The number of fused-ring (bicyclic) bond motifs is 1. The summed E-state index contributed by atoms with van der Waals surface area (Å²) in [6.45, 7) is 6.12. The molecule has 25 heavy (non-hydrogen) atoms. The Labute approximate surface area is 152 Å². The summed E-state index contributed by atoms with van der Waals surface area (Å²) in [6, 6.07) is 4.05. The van der Waals surface area contributed by atoms with Gasteiger partial charge in [0.05, 0.1) is 11.6 Å². The van der Waals surface area contributed by atoms with E-state index in [2.05, 4.69) is 25.2 Å². The smallest absolute Gasteiger partial charge is 0.287 e. The first kappa shape index (κ1) is 17.9. The van der Waals surface area contributed by atoms with Crippen LogP contribution in [0, 0.1) is 12.8 Å². The van der Waals surface area contributed by atoms with Crippen LogP contribution in [0.15, 0.2) is 21.9 Å². The van der Waals surface area contributed by atoms with Crippen molar-refractivity contribution in [2.24, 2.45) is 5.92 Å². The van der Waals surface area contributed by atoms with Crippen molar-refractivity contribution >= 4 is 23.0 Å². The summed E-state index contributed by atoms with van der Waals surface area (Å²) >= 11 is 1.66. The number of carbonyl (C=O) groups excluding carboxylic acids is 2. The molecule has 134 valence electrons. The third-order valence-electron chi connectivity index (χ3n) is 5.17. The van der Waals surface area contributed by atoms with Gasteiger partial charge in [-0.25, -0.2) is 0 Å². The Morgan fingerprint density at radius 1 is 1.32 bits per heavy atom. The summed E-state index contributed by atoms with van der Waals surface area (Å²) in [7, 11) is 0. The molecule has 1 aliphatic rings. The van der Waals surface area contributed by atoms with Gasteiger partial charge in [0, 0.05) is 23.3 Å². The quantitative estimate of drug-likeness (QED) is 0.783. The molecule has 2 heterocycles. The molecule has 0 saturated carbocycles. The van der Waals surface area contributed by atoms with E-state index in [0.29, 0.717) is 35.0 Å². The third-order valence-corrected chi connectivity index (χ3v) is 6.12. The third kappa shape index (κ3) is 3.43. The Hall–Kier alpha value is -1.88. The first-order valence-electron chi connectivity index (χ1n) is 9.06. The minimum Gasteiger partial charge on any atom is -0.455 e. The molecular weight excluding hydrogens is 334 g/mol. The van der Waals surface area contributed by atoms with Crippen LogP contribution in [0.2, 0.25) is 0 Å². The van der Waals surface area contributed by atoms with E-state index in [1.165, 1.54) is 0 Å². The average Bonchev–Trinajstić information content (AvgIpc) is 3.24. The van der Waals surface area contributed by atoms with Crippen molar-refractivity contribution in [1.29, 1.82) is 0 Å². The molecule has 1 atom stereocenters. The Morgan fingerprint density at radius 2 is 2.08 bits per heavy atom. The summed E-state index contributed by atoms with van der Waals surface area (Å²) in [5.74, 6) is 1.22.